The van der Waals surface area contributed by atoms with E-state index in [9.17, 15) is 0 Å². The Kier molecular flexibility index (Phi) is 5.85. The zero-order valence-corrected chi connectivity index (χ0v) is 13.2. The van der Waals surface area contributed by atoms with Gasteiger partial charge in [0, 0.05) is 37.4 Å². The van der Waals surface area contributed by atoms with Crippen LogP contribution in [0.15, 0.2) is 18.2 Å². The third kappa shape index (κ3) is 4.33. The highest BCUT2D eigenvalue weighted by atomic mass is 16.5. The second kappa shape index (κ2) is 7.64. The quantitative estimate of drug-likeness (QED) is 0.831. The van der Waals surface area contributed by atoms with Gasteiger partial charge in [-0.2, -0.15) is 0 Å². The molecule has 1 fully saturated rings. The minimum Gasteiger partial charge on any atom is -0.497 e. The summed E-state index contributed by atoms with van der Waals surface area (Å²) in [5.74, 6) is 1.54. The largest absolute Gasteiger partial charge is 0.497 e. The fourth-order valence-corrected chi connectivity index (χ4v) is 2.77. The van der Waals surface area contributed by atoms with Gasteiger partial charge in [0.05, 0.1) is 20.3 Å². The Morgan fingerprint density at radius 3 is 2.81 bits per heavy atom. The molecule has 2 N–H and O–H groups in total. The second-order valence-electron chi connectivity index (χ2n) is 5.57. The van der Waals surface area contributed by atoms with Crippen LogP contribution in [0.1, 0.15) is 24.4 Å². The summed E-state index contributed by atoms with van der Waals surface area (Å²) >= 11 is 0. The van der Waals surface area contributed by atoms with Crippen molar-refractivity contribution in [3.05, 3.63) is 23.8 Å². The van der Waals surface area contributed by atoms with E-state index in [1.165, 1.54) is 0 Å². The van der Waals surface area contributed by atoms with Crippen molar-refractivity contribution in [2.45, 2.75) is 25.0 Å². The lowest BCUT2D eigenvalue weighted by atomic mass is 10.1. The molecule has 0 amide bonds. The van der Waals surface area contributed by atoms with Gasteiger partial charge in [-0.1, -0.05) is 6.07 Å². The minimum absolute atomic E-state index is 0.0998. The van der Waals surface area contributed by atoms with Crippen molar-refractivity contribution < 1.29 is 14.2 Å². The standard InChI is InChI=1S/C16H26N2O3/c1-18(10-13-5-4-8-21-13)11-15(17)14-7-6-12(19-2)9-16(14)20-3/h6-7,9,13,15H,4-5,8,10-11,17H2,1-3H3. The van der Waals surface area contributed by atoms with Crippen LogP contribution in [0.3, 0.4) is 0 Å². The minimum atomic E-state index is -0.0998. The van der Waals surface area contributed by atoms with Crippen LogP contribution in [0.25, 0.3) is 0 Å². The number of nitrogens with two attached hydrogens (primary N) is 1. The Hall–Kier alpha value is -1.30. The molecular weight excluding hydrogens is 268 g/mol. The summed E-state index contributed by atoms with van der Waals surface area (Å²) in [4.78, 5) is 2.23. The van der Waals surface area contributed by atoms with Gasteiger partial charge in [0.1, 0.15) is 11.5 Å². The maximum absolute atomic E-state index is 6.33. The Labute approximate surface area is 127 Å². The summed E-state index contributed by atoms with van der Waals surface area (Å²) in [6.07, 6.45) is 2.66. The van der Waals surface area contributed by atoms with Crippen LogP contribution in [-0.2, 0) is 4.74 Å². The molecule has 118 valence electrons. The average molecular weight is 294 g/mol. The number of nitrogens with zero attached hydrogens (tertiary/aromatic N) is 1. The van der Waals surface area contributed by atoms with Crippen molar-refractivity contribution in [1.82, 2.24) is 4.90 Å². The molecule has 2 unspecified atom stereocenters. The number of hydrogen-bond acceptors (Lipinski definition) is 5. The number of rotatable bonds is 7. The molecule has 0 bridgehead atoms. The van der Waals surface area contributed by atoms with Gasteiger partial charge in [-0.3, -0.25) is 0 Å². The van der Waals surface area contributed by atoms with E-state index in [4.69, 9.17) is 19.9 Å². The highest BCUT2D eigenvalue weighted by Crippen LogP contribution is 2.28. The lowest BCUT2D eigenvalue weighted by Gasteiger charge is -2.25. The van der Waals surface area contributed by atoms with E-state index in [1.54, 1.807) is 14.2 Å². The lowest BCUT2D eigenvalue weighted by molar-refractivity contribution is 0.0796. The van der Waals surface area contributed by atoms with Crippen LogP contribution in [0.4, 0.5) is 0 Å². The van der Waals surface area contributed by atoms with Crippen LogP contribution in [0.2, 0.25) is 0 Å². The summed E-state index contributed by atoms with van der Waals surface area (Å²) in [5.41, 5.74) is 7.33. The third-order valence-corrected chi connectivity index (χ3v) is 3.89. The highest BCUT2D eigenvalue weighted by Gasteiger charge is 2.20. The number of benzene rings is 1. The first-order valence-corrected chi connectivity index (χ1v) is 7.41. The van der Waals surface area contributed by atoms with E-state index in [1.807, 2.05) is 18.2 Å². The molecule has 1 aromatic carbocycles. The summed E-state index contributed by atoms with van der Waals surface area (Å²) in [6, 6.07) is 5.66. The van der Waals surface area contributed by atoms with Gasteiger partial charge in [-0.25, -0.2) is 0 Å². The van der Waals surface area contributed by atoms with Crippen LogP contribution < -0.4 is 15.2 Å². The maximum Gasteiger partial charge on any atom is 0.127 e. The topological polar surface area (TPSA) is 57.0 Å². The first-order chi connectivity index (χ1) is 10.1. The van der Waals surface area contributed by atoms with E-state index < -0.39 is 0 Å². The molecule has 21 heavy (non-hydrogen) atoms. The van der Waals surface area contributed by atoms with E-state index in [-0.39, 0.29) is 6.04 Å². The van der Waals surface area contributed by atoms with E-state index >= 15 is 0 Å². The molecule has 0 spiro atoms. The van der Waals surface area contributed by atoms with Crippen LogP contribution in [-0.4, -0.2) is 52.0 Å². The summed E-state index contributed by atoms with van der Waals surface area (Å²) in [5, 5.41) is 0. The molecule has 1 aromatic rings. The number of methoxy groups -OCH3 is 2. The van der Waals surface area contributed by atoms with Crippen molar-refractivity contribution in [2.24, 2.45) is 5.73 Å². The lowest BCUT2D eigenvalue weighted by Crippen LogP contribution is -2.34. The van der Waals surface area contributed by atoms with Crippen molar-refractivity contribution in [1.29, 1.82) is 0 Å². The number of hydrogen-bond donors (Lipinski definition) is 1. The fourth-order valence-electron chi connectivity index (χ4n) is 2.77. The van der Waals surface area contributed by atoms with Gasteiger partial charge < -0.3 is 24.8 Å². The van der Waals surface area contributed by atoms with Crippen LogP contribution in [0, 0.1) is 0 Å². The van der Waals surface area contributed by atoms with Crippen molar-refractivity contribution in [3.8, 4) is 11.5 Å². The van der Waals surface area contributed by atoms with Crippen LogP contribution in [0.5, 0.6) is 11.5 Å². The van der Waals surface area contributed by atoms with E-state index in [0.717, 1.165) is 49.6 Å². The normalized spacial score (nSPS) is 19.8. The van der Waals surface area contributed by atoms with Crippen molar-refractivity contribution in [3.63, 3.8) is 0 Å². The summed E-state index contributed by atoms with van der Waals surface area (Å²) < 4.78 is 16.3. The Morgan fingerprint density at radius 1 is 1.38 bits per heavy atom. The van der Waals surface area contributed by atoms with Gasteiger partial charge >= 0.3 is 0 Å². The number of likely N-dealkylation sites (N-methyl/N-ethyl adjacent to an activating group) is 1. The molecule has 1 aliphatic heterocycles. The third-order valence-electron chi connectivity index (χ3n) is 3.89. The van der Waals surface area contributed by atoms with Gasteiger partial charge in [0.15, 0.2) is 0 Å². The molecular formula is C16H26N2O3. The SMILES string of the molecule is COc1ccc(C(N)CN(C)CC2CCCO2)c(OC)c1. The monoisotopic (exact) mass is 294 g/mol. The molecule has 1 heterocycles. The van der Waals surface area contributed by atoms with Crippen molar-refractivity contribution >= 4 is 0 Å². The predicted octanol–water partition coefficient (Wildman–Crippen LogP) is 1.81. The molecule has 2 atom stereocenters. The molecule has 0 saturated carbocycles. The van der Waals surface area contributed by atoms with Gasteiger partial charge in [-0.05, 0) is 26.0 Å². The zero-order chi connectivity index (χ0) is 15.2. The molecule has 2 rings (SSSR count). The smallest absolute Gasteiger partial charge is 0.127 e. The molecule has 0 aromatic heterocycles. The Balaban J connectivity index is 1.96. The van der Waals surface area contributed by atoms with Gasteiger partial charge in [0.25, 0.3) is 0 Å². The first kappa shape index (κ1) is 16.1. The molecule has 0 aliphatic carbocycles. The van der Waals surface area contributed by atoms with Crippen LogP contribution >= 0.6 is 0 Å². The van der Waals surface area contributed by atoms with Gasteiger partial charge in [-0.15, -0.1) is 0 Å². The van der Waals surface area contributed by atoms with E-state index in [2.05, 4.69) is 11.9 Å². The zero-order valence-electron chi connectivity index (χ0n) is 13.2. The molecule has 0 radical (unpaired) electrons. The predicted molar refractivity (Wildman–Crippen MR) is 82.9 cm³/mol. The Morgan fingerprint density at radius 2 is 2.19 bits per heavy atom. The molecule has 1 aliphatic rings. The summed E-state index contributed by atoms with van der Waals surface area (Å²) in [7, 11) is 5.38. The van der Waals surface area contributed by atoms with E-state index in [0.29, 0.717) is 6.10 Å². The highest BCUT2D eigenvalue weighted by molar-refractivity contribution is 5.42. The second-order valence-corrected chi connectivity index (χ2v) is 5.57. The van der Waals surface area contributed by atoms with Gasteiger partial charge in [0.2, 0.25) is 0 Å². The average Bonchev–Trinajstić information content (AvgIpc) is 2.99. The van der Waals surface area contributed by atoms with Crippen molar-refractivity contribution in [2.75, 3.05) is 41.0 Å². The maximum atomic E-state index is 6.33. The fraction of sp³-hybridized carbons (Fsp3) is 0.625. The first-order valence-electron chi connectivity index (χ1n) is 7.41. The Bertz CT molecular complexity index is 447. The molecule has 1 saturated heterocycles. The molecule has 5 heteroatoms. The summed E-state index contributed by atoms with van der Waals surface area (Å²) in [6.45, 7) is 2.57. The number of ether oxygens (including phenoxy) is 3. The molecule has 5 nitrogen and oxygen atoms in total.